The summed E-state index contributed by atoms with van der Waals surface area (Å²) >= 11 is 0. The Morgan fingerprint density at radius 2 is 0.475 bits per heavy atom. The molecule has 0 nitrogen and oxygen atoms in total. The highest BCUT2D eigenvalue weighted by molar-refractivity contribution is 5.20. The molecule has 0 aromatic heterocycles. The summed E-state index contributed by atoms with van der Waals surface area (Å²) < 4.78 is 12.1. The first-order chi connectivity index (χ1) is 17.8. The third-order valence-electron chi connectivity index (χ3n) is 4.39. The van der Waals surface area contributed by atoms with Gasteiger partial charge in [0.2, 0.25) is 0 Å². The molecule has 4 aromatic rings. The van der Waals surface area contributed by atoms with Crippen LogP contribution in [0.15, 0.2) is 103 Å². The predicted molar refractivity (Wildman–Crippen MR) is 188 cm³/mol. The Bertz CT molecular complexity index is 786. The topological polar surface area (TPSA) is 0 Å². The fourth-order valence-corrected chi connectivity index (χ4v) is 2.34. The molecule has 0 aliphatic carbocycles. The lowest BCUT2D eigenvalue weighted by Gasteiger charge is -1.90. The molecule has 0 heterocycles. The average molecular weight is 553 g/mol. The molecule has 1 heteroatoms. The van der Waals surface area contributed by atoms with Gasteiger partial charge in [0.05, 0.1) is 0 Å². The summed E-state index contributed by atoms with van der Waals surface area (Å²) in [6.45, 7) is 24.4. The maximum absolute atomic E-state index is 12.1. The Hall–Kier alpha value is -3.19. The van der Waals surface area contributed by atoms with Crippen molar-refractivity contribution in [1.82, 2.24) is 0 Å². The van der Waals surface area contributed by atoms with E-state index in [-0.39, 0.29) is 28.1 Å². The first-order valence-electron chi connectivity index (χ1n) is 13.6. The van der Waals surface area contributed by atoms with E-state index in [0.29, 0.717) is 0 Å². The van der Waals surface area contributed by atoms with Crippen LogP contribution < -0.4 is 0 Å². The number of rotatable bonds is 0. The summed E-state index contributed by atoms with van der Waals surface area (Å²) in [7, 11) is 0. The summed E-state index contributed by atoms with van der Waals surface area (Å²) in [6, 6.07) is 33.6. The maximum atomic E-state index is 12.1. The number of hydrogen-bond donors (Lipinski definition) is 0. The van der Waals surface area contributed by atoms with E-state index in [1.165, 1.54) is 39.9 Å². The molecule has 40 heavy (non-hydrogen) atoms. The number of aryl methyl sites for hydroxylation is 6. The van der Waals surface area contributed by atoms with E-state index in [1.54, 1.807) is 12.1 Å². The molecule has 0 bridgehead atoms. The summed E-state index contributed by atoms with van der Waals surface area (Å²) in [5.74, 6) is -0.171. The lowest BCUT2D eigenvalue weighted by molar-refractivity contribution is 0.627. The predicted octanol–water partition coefficient (Wildman–Crippen LogP) is 13.7. The van der Waals surface area contributed by atoms with Crippen molar-refractivity contribution in [2.24, 2.45) is 0 Å². The molecule has 0 spiro atoms. The highest BCUT2D eigenvalue weighted by Crippen LogP contribution is 2.00. The van der Waals surface area contributed by atoms with Crippen LogP contribution in [-0.2, 0) is 0 Å². The highest BCUT2D eigenvalue weighted by atomic mass is 19.1. The number of halogens is 1. The first kappa shape index (κ1) is 49.7. The van der Waals surface area contributed by atoms with E-state index in [1.807, 2.05) is 66.7 Å². The van der Waals surface area contributed by atoms with Crippen LogP contribution in [0.1, 0.15) is 97.2 Å². The van der Waals surface area contributed by atoms with Crippen molar-refractivity contribution >= 4 is 0 Å². The molecule has 0 saturated heterocycles. The molecule has 0 N–H and O–H groups in total. The van der Waals surface area contributed by atoms with Crippen molar-refractivity contribution in [2.45, 2.75) is 105 Å². The van der Waals surface area contributed by atoms with Crippen molar-refractivity contribution in [2.75, 3.05) is 0 Å². The van der Waals surface area contributed by atoms with Gasteiger partial charge < -0.3 is 0 Å². The minimum absolute atomic E-state index is 0. The van der Waals surface area contributed by atoms with Crippen molar-refractivity contribution in [3.8, 4) is 0 Å². The molecule has 4 rings (SSSR count). The summed E-state index contributed by atoms with van der Waals surface area (Å²) in [5, 5.41) is 0. The summed E-state index contributed by atoms with van der Waals surface area (Å²) in [4.78, 5) is 0. The fourth-order valence-electron chi connectivity index (χ4n) is 2.34. The van der Waals surface area contributed by atoms with Gasteiger partial charge in [0.15, 0.2) is 0 Å². The van der Waals surface area contributed by atoms with Crippen LogP contribution >= 0.6 is 0 Å². The lowest BCUT2D eigenvalue weighted by atomic mass is 10.2. The normalized spacial score (nSPS) is 7.53. The molecule has 0 atom stereocenters. The van der Waals surface area contributed by atoms with Crippen LogP contribution in [0, 0.1) is 47.4 Å². The zero-order valence-electron chi connectivity index (χ0n) is 25.7. The molecule has 4 aromatic carbocycles. The van der Waals surface area contributed by atoms with Gasteiger partial charge in [0.25, 0.3) is 0 Å². The van der Waals surface area contributed by atoms with Crippen molar-refractivity contribution in [3.05, 3.63) is 142 Å². The molecule has 0 fully saturated rings. The van der Waals surface area contributed by atoms with Crippen molar-refractivity contribution < 1.29 is 4.39 Å². The molecule has 0 aliphatic heterocycles. The van der Waals surface area contributed by atoms with E-state index in [9.17, 15) is 4.39 Å². The Labute approximate surface area is 251 Å². The van der Waals surface area contributed by atoms with Gasteiger partial charge in [-0.1, -0.05) is 188 Å². The van der Waals surface area contributed by atoms with Crippen LogP contribution in [0.25, 0.3) is 0 Å². The van der Waals surface area contributed by atoms with Crippen LogP contribution in [0.5, 0.6) is 0 Å². The Balaban J connectivity index is -0.0000000885. The fraction of sp³-hybridized carbons (Fsp3) is 0.385. The Morgan fingerprint density at radius 3 is 0.625 bits per heavy atom. The molecule has 0 saturated carbocycles. The Morgan fingerprint density at radius 1 is 0.300 bits per heavy atom. The third kappa shape index (κ3) is 32.8. The molecule has 0 aliphatic rings. The average Bonchev–Trinajstić information content (AvgIpc) is 2.94. The van der Waals surface area contributed by atoms with Crippen LogP contribution in [0.3, 0.4) is 0 Å². The maximum Gasteiger partial charge on any atom is 0.123 e. The van der Waals surface area contributed by atoms with Gasteiger partial charge in [0, 0.05) is 0 Å². The second-order valence-electron chi connectivity index (χ2n) is 7.76. The molecule has 0 unspecified atom stereocenters. The van der Waals surface area contributed by atoms with E-state index in [2.05, 4.69) is 95.3 Å². The first-order valence-corrected chi connectivity index (χ1v) is 13.6. The number of benzene rings is 4. The zero-order valence-corrected chi connectivity index (χ0v) is 25.7. The van der Waals surface area contributed by atoms with Crippen molar-refractivity contribution in [3.63, 3.8) is 0 Å². The van der Waals surface area contributed by atoms with Gasteiger partial charge in [-0.3, -0.25) is 0 Å². The molecule has 0 radical (unpaired) electrons. The van der Waals surface area contributed by atoms with E-state index in [0.717, 1.165) is 5.56 Å². The van der Waals surface area contributed by atoms with Crippen LogP contribution in [0.4, 0.5) is 4.39 Å². The molecule has 0 amide bonds. The monoisotopic (exact) mass is 553 g/mol. The van der Waals surface area contributed by atoms with E-state index in [4.69, 9.17) is 0 Å². The van der Waals surface area contributed by atoms with Crippen LogP contribution in [-0.4, -0.2) is 0 Å². The second-order valence-corrected chi connectivity index (χ2v) is 7.76. The van der Waals surface area contributed by atoms with Crippen molar-refractivity contribution in [1.29, 1.82) is 0 Å². The smallest absolute Gasteiger partial charge is 0.123 e. The van der Waals surface area contributed by atoms with Gasteiger partial charge in [-0.15, -0.1) is 0 Å². The largest absolute Gasteiger partial charge is 0.207 e. The summed E-state index contributed by atoms with van der Waals surface area (Å²) in [6.07, 6.45) is 0. The third-order valence-corrected chi connectivity index (χ3v) is 4.39. The summed E-state index contributed by atoms with van der Waals surface area (Å²) in [5.41, 5.74) is 7.73. The van der Waals surface area contributed by atoms with Crippen LogP contribution in [0.2, 0.25) is 0 Å². The Kier molecular flexibility index (Phi) is 44.5. The minimum Gasteiger partial charge on any atom is -0.207 e. The van der Waals surface area contributed by atoms with Gasteiger partial charge in [0.1, 0.15) is 5.82 Å². The molecular weight excluding hydrogens is 487 g/mol. The molecule has 228 valence electrons. The number of hydrogen-bond acceptors (Lipinski definition) is 0. The van der Waals surface area contributed by atoms with Gasteiger partial charge in [-0.2, -0.15) is 0 Å². The second kappa shape index (κ2) is 35.8. The quantitative estimate of drug-likeness (QED) is 0.203. The highest BCUT2D eigenvalue weighted by Gasteiger charge is 1.83. The van der Waals surface area contributed by atoms with Gasteiger partial charge in [-0.25, -0.2) is 4.39 Å². The van der Waals surface area contributed by atoms with Gasteiger partial charge >= 0.3 is 0 Å². The minimum atomic E-state index is -0.171. The zero-order chi connectivity index (χ0) is 29.1. The van der Waals surface area contributed by atoms with Gasteiger partial charge in [-0.05, 0) is 53.7 Å². The standard InChI is InChI=1S/2C8H10.C7H7F.C7H8.3C2H6.3CH4/c2*1-7-3-5-8(2)6-4-7;1-6-2-4-7(8)5-3-6;1-7-5-3-2-4-6-7;3*1-2;;;/h2*3-6H,1-2H3;2-5H,1H3;2-6H,1H3;3*1-2H3;3*1H4. The molecular formula is C39H65F. The lowest BCUT2D eigenvalue weighted by Crippen LogP contribution is -1.71. The van der Waals surface area contributed by atoms with E-state index >= 15 is 0 Å². The van der Waals surface area contributed by atoms with E-state index < -0.39 is 0 Å². The SMILES string of the molecule is C.C.C.CC.CC.CC.Cc1ccc(C)cc1.Cc1ccc(C)cc1.Cc1ccc(F)cc1.Cc1ccccc1.